The van der Waals surface area contributed by atoms with Crippen LogP contribution in [0.15, 0.2) is 24.7 Å². The largest absolute Gasteiger partial charge is 0.384 e. The number of nitrogen functional groups attached to an aromatic ring is 1. The monoisotopic (exact) mass is 312 g/mol. The molecule has 0 aliphatic rings. The molecule has 0 aromatic carbocycles. The van der Waals surface area contributed by atoms with Crippen molar-refractivity contribution in [1.29, 1.82) is 0 Å². The first-order chi connectivity index (χ1) is 10.9. The van der Waals surface area contributed by atoms with Crippen LogP contribution < -0.4 is 11.1 Å². The number of aryl methyl sites for hydroxylation is 3. The van der Waals surface area contributed by atoms with Gasteiger partial charge in [-0.1, -0.05) is 0 Å². The van der Waals surface area contributed by atoms with E-state index in [-0.39, 0.29) is 6.04 Å². The molecule has 0 spiro atoms. The molecule has 0 aliphatic carbocycles. The van der Waals surface area contributed by atoms with Crippen LogP contribution in [-0.4, -0.2) is 29.5 Å². The molecule has 0 fully saturated rings. The normalized spacial score (nSPS) is 12.3. The summed E-state index contributed by atoms with van der Waals surface area (Å²) in [6.45, 7) is 5.95. The topological polar surface area (TPSA) is 99.5 Å². The Morgan fingerprint density at radius 3 is 2.57 bits per heavy atom. The zero-order valence-corrected chi connectivity index (χ0v) is 13.6. The summed E-state index contributed by atoms with van der Waals surface area (Å²) in [5.74, 6) is 1.88. The van der Waals surface area contributed by atoms with E-state index in [9.17, 15) is 0 Å². The van der Waals surface area contributed by atoms with Gasteiger partial charge in [0.15, 0.2) is 5.82 Å². The molecule has 0 aliphatic heterocycles. The Hall–Kier alpha value is -2.90. The van der Waals surface area contributed by atoms with Gasteiger partial charge in [-0.3, -0.25) is 4.68 Å². The SMILES string of the molecule is Cc1cc(N)n(-c2cc(N[C@H](C)c3cn(C)nc3C)ncn2)n1. The Bertz CT molecular complexity index is 832. The predicted octanol–water partition coefficient (Wildman–Crippen LogP) is 1.77. The summed E-state index contributed by atoms with van der Waals surface area (Å²) < 4.78 is 3.41. The minimum absolute atomic E-state index is 0.0724. The molecule has 3 heterocycles. The Morgan fingerprint density at radius 2 is 1.96 bits per heavy atom. The van der Waals surface area contributed by atoms with Gasteiger partial charge in [0.05, 0.1) is 17.4 Å². The highest BCUT2D eigenvalue weighted by molar-refractivity contribution is 5.46. The third-order valence-corrected chi connectivity index (χ3v) is 3.61. The number of nitrogens with two attached hydrogens (primary N) is 1. The molecule has 0 unspecified atom stereocenters. The maximum absolute atomic E-state index is 5.95. The third-order valence-electron chi connectivity index (χ3n) is 3.61. The van der Waals surface area contributed by atoms with Gasteiger partial charge in [-0.05, 0) is 20.8 Å². The molecule has 120 valence electrons. The van der Waals surface area contributed by atoms with Crippen molar-refractivity contribution in [3.63, 3.8) is 0 Å². The fraction of sp³-hybridized carbons (Fsp3) is 0.333. The van der Waals surface area contributed by atoms with E-state index in [1.54, 1.807) is 10.7 Å². The van der Waals surface area contributed by atoms with E-state index in [2.05, 4.69) is 32.4 Å². The first-order valence-corrected chi connectivity index (χ1v) is 7.35. The molecule has 23 heavy (non-hydrogen) atoms. The molecule has 1 atom stereocenters. The molecule has 0 bridgehead atoms. The van der Waals surface area contributed by atoms with Gasteiger partial charge in [-0.15, -0.1) is 0 Å². The van der Waals surface area contributed by atoms with Crippen LogP contribution in [-0.2, 0) is 7.05 Å². The lowest BCUT2D eigenvalue weighted by Gasteiger charge is -2.14. The van der Waals surface area contributed by atoms with Crippen molar-refractivity contribution in [2.75, 3.05) is 11.1 Å². The second-order valence-electron chi connectivity index (χ2n) is 5.59. The van der Waals surface area contributed by atoms with E-state index in [1.807, 2.05) is 37.8 Å². The van der Waals surface area contributed by atoms with E-state index in [0.29, 0.717) is 17.5 Å². The molecular formula is C15H20N8. The van der Waals surface area contributed by atoms with Crippen molar-refractivity contribution in [3.8, 4) is 5.82 Å². The summed E-state index contributed by atoms with van der Waals surface area (Å²) in [6.07, 6.45) is 3.50. The predicted molar refractivity (Wildman–Crippen MR) is 88.3 cm³/mol. The fourth-order valence-electron chi connectivity index (χ4n) is 2.59. The lowest BCUT2D eigenvalue weighted by Crippen LogP contribution is -2.10. The molecule has 8 nitrogen and oxygen atoms in total. The van der Waals surface area contributed by atoms with Crippen LogP contribution >= 0.6 is 0 Å². The van der Waals surface area contributed by atoms with Crippen molar-refractivity contribution in [2.24, 2.45) is 7.05 Å². The first kappa shape index (κ1) is 15.0. The van der Waals surface area contributed by atoms with E-state index in [4.69, 9.17) is 5.73 Å². The van der Waals surface area contributed by atoms with Gasteiger partial charge in [0.25, 0.3) is 0 Å². The molecule has 3 aromatic heterocycles. The highest BCUT2D eigenvalue weighted by atomic mass is 15.3. The van der Waals surface area contributed by atoms with E-state index in [1.165, 1.54) is 6.33 Å². The average Bonchev–Trinajstić information content (AvgIpc) is 3.00. The molecule has 0 amide bonds. The first-order valence-electron chi connectivity index (χ1n) is 7.35. The van der Waals surface area contributed by atoms with E-state index < -0.39 is 0 Å². The average molecular weight is 312 g/mol. The van der Waals surface area contributed by atoms with Crippen molar-refractivity contribution >= 4 is 11.6 Å². The van der Waals surface area contributed by atoms with Crippen LogP contribution in [0.4, 0.5) is 11.6 Å². The zero-order chi connectivity index (χ0) is 16.6. The number of rotatable bonds is 4. The van der Waals surface area contributed by atoms with Gasteiger partial charge in [-0.2, -0.15) is 14.9 Å². The minimum Gasteiger partial charge on any atom is -0.384 e. The van der Waals surface area contributed by atoms with Crippen LogP contribution in [0.1, 0.15) is 29.9 Å². The summed E-state index contributed by atoms with van der Waals surface area (Å²) in [7, 11) is 1.91. The van der Waals surface area contributed by atoms with Crippen molar-refractivity contribution < 1.29 is 0 Å². The van der Waals surface area contributed by atoms with E-state index in [0.717, 1.165) is 17.0 Å². The highest BCUT2D eigenvalue weighted by Gasteiger charge is 2.13. The lowest BCUT2D eigenvalue weighted by atomic mass is 10.1. The van der Waals surface area contributed by atoms with Gasteiger partial charge in [-0.25, -0.2) is 9.97 Å². The lowest BCUT2D eigenvalue weighted by molar-refractivity contribution is 0.756. The standard InChI is InChI=1S/C15H20N8/c1-9-5-13(16)23(20-9)15-6-14(17-8-18-15)19-10(2)12-7-22(4)21-11(12)3/h5-8,10H,16H2,1-4H3,(H,17,18,19)/t10-/m1/s1. The molecule has 3 N–H and O–H groups in total. The molecule has 3 rings (SSSR count). The van der Waals surface area contributed by atoms with E-state index >= 15 is 0 Å². The Labute approximate surface area is 134 Å². The molecule has 3 aromatic rings. The van der Waals surface area contributed by atoms with Crippen LogP contribution in [0.25, 0.3) is 5.82 Å². The molecule has 0 saturated carbocycles. The second kappa shape index (κ2) is 5.71. The highest BCUT2D eigenvalue weighted by Crippen LogP contribution is 2.21. The molecule has 8 heteroatoms. The summed E-state index contributed by atoms with van der Waals surface area (Å²) in [5.41, 5.74) is 8.91. The molecular weight excluding hydrogens is 292 g/mol. The van der Waals surface area contributed by atoms with Crippen molar-refractivity contribution in [3.05, 3.63) is 41.6 Å². The van der Waals surface area contributed by atoms with Gasteiger partial charge in [0.1, 0.15) is 18.0 Å². The minimum atomic E-state index is 0.0724. The van der Waals surface area contributed by atoms with Crippen LogP contribution in [0.5, 0.6) is 0 Å². The maximum Gasteiger partial charge on any atom is 0.161 e. The zero-order valence-electron chi connectivity index (χ0n) is 13.6. The maximum atomic E-state index is 5.95. The Morgan fingerprint density at radius 1 is 1.17 bits per heavy atom. The summed E-state index contributed by atoms with van der Waals surface area (Å²) in [5, 5.41) is 12.1. The third kappa shape index (κ3) is 3.01. The van der Waals surface area contributed by atoms with Gasteiger partial charge >= 0.3 is 0 Å². The fourth-order valence-corrected chi connectivity index (χ4v) is 2.59. The van der Waals surface area contributed by atoms with Crippen molar-refractivity contribution in [1.82, 2.24) is 29.5 Å². The molecule has 0 radical (unpaired) electrons. The molecule has 0 saturated heterocycles. The van der Waals surface area contributed by atoms with Crippen molar-refractivity contribution in [2.45, 2.75) is 26.8 Å². The second-order valence-corrected chi connectivity index (χ2v) is 5.59. The van der Waals surface area contributed by atoms with Crippen LogP contribution in [0.2, 0.25) is 0 Å². The number of anilines is 2. The van der Waals surface area contributed by atoms with Crippen LogP contribution in [0.3, 0.4) is 0 Å². The number of nitrogens with zero attached hydrogens (tertiary/aromatic N) is 6. The smallest absolute Gasteiger partial charge is 0.161 e. The van der Waals surface area contributed by atoms with Gasteiger partial charge in [0, 0.05) is 30.9 Å². The number of nitrogens with one attached hydrogen (secondary N) is 1. The Kier molecular flexibility index (Phi) is 3.73. The summed E-state index contributed by atoms with van der Waals surface area (Å²) >= 11 is 0. The summed E-state index contributed by atoms with van der Waals surface area (Å²) in [6, 6.07) is 3.70. The van der Waals surface area contributed by atoms with Gasteiger partial charge < -0.3 is 11.1 Å². The number of hydrogen-bond acceptors (Lipinski definition) is 6. The number of aromatic nitrogens is 6. The van der Waals surface area contributed by atoms with Gasteiger partial charge in [0.2, 0.25) is 0 Å². The summed E-state index contributed by atoms with van der Waals surface area (Å²) in [4.78, 5) is 8.51. The van der Waals surface area contributed by atoms with Crippen LogP contribution in [0, 0.1) is 13.8 Å². The quantitative estimate of drug-likeness (QED) is 0.761. The number of hydrogen-bond donors (Lipinski definition) is 2. The Balaban J connectivity index is 1.85.